The Kier molecular flexibility index (Phi) is 5.27. The summed E-state index contributed by atoms with van der Waals surface area (Å²) >= 11 is 0. The minimum Gasteiger partial charge on any atom is -0.468 e. The number of carbonyl (C=O) groups is 1. The molecule has 1 atom stereocenters. The zero-order valence-electron chi connectivity index (χ0n) is 16.1. The first kappa shape index (κ1) is 18.5. The van der Waals surface area contributed by atoms with Gasteiger partial charge in [-0.2, -0.15) is 0 Å². The SMILES string of the molecule is COC(=O)C1CCCN1C(c1ccccc1)(c1ccccc1)c1ccccc1. The van der Waals surface area contributed by atoms with Crippen LogP contribution in [0.5, 0.6) is 0 Å². The minimum atomic E-state index is -0.556. The van der Waals surface area contributed by atoms with Gasteiger partial charge in [-0.15, -0.1) is 0 Å². The molecule has 3 heteroatoms. The molecular formula is C25H25NO2. The number of ether oxygens (including phenoxy) is 1. The van der Waals surface area contributed by atoms with Crippen molar-refractivity contribution >= 4 is 5.97 Å². The first-order valence-corrected chi connectivity index (χ1v) is 9.79. The van der Waals surface area contributed by atoms with Gasteiger partial charge in [0.1, 0.15) is 6.04 Å². The number of methoxy groups -OCH3 is 1. The molecule has 3 nitrogen and oxygen atoms in total. The molecule has 0 spiro atoms. The molecule has 0 amide bonds. The van der Waals surface area contributed by atoms with Crippen LogP contribution in [0.15, 0.2) is 91.0 Å². The molecule has 0 bridgehead atoms. The fraction of sp³-hybridized carbons (Fsp3) is 0.240. The van der Waals surface area contributed by atoms with Crippen LogP contribution in [0.1, 0.15) is 29.5 Å². The minimum absolute atomic E-state index is 0.162. The third-order valence-corrected chi connectivity index (χ3v) is 5.73. The van der Waals surface area contributed by atoms with Gasteiger partial charge in [-0.1, -0.05) is 91.0 Å². The molecule has 1 aliphatic heterocycles. The van der Waals surface area contributed by atoms with Gasteiger partial charge in [-0.3, -0.25) is 9.69 Å². The molecule has 3 aromatic rings. The number of rotatable bonds is 5. The molecule has 28 heavy (non-hydrogen) atoms. The number of carbonyl (C=O) groups excluding carboxylic acids is 1. The van der Waals surface area contributed by atoms with Crippen LogP contribution in [0.25, 0.3) is 0 Å². The van der Waals surface area contributed by atoms with Crippen LogP contribution in [-0.4, -0.2) is 30.6 Å². The Hall–Kier alpha value is -2.91. The van der Waals surface area contributed by atoms with E-state index in [0.29, 0.717) is 0 Å². The van der Waals surface area contributed by atoms with Gasteiger partial charge in [0.05, 0.1) is 12.6 Å². The summed E-state index contributed by atoms with van der Waals surface area (Å²) in [5, 5.41) is 0. The van der Waals surface area contributed by atoms with Gasteiger partial charge in [0.2, 0.25) is 0 Å². The van der Waals surface area contributed by atoms with Gasteiger partial charge in [-0.25, -0.2) is 0 Å². The molecule has 1 heterocycles. The lowest BCUT2D eigenvalue weighted by molar-refractivity contribution is -0.147. The van der Waals surface area contributed by atoms with E-state index in [0.717, 1.165) is 36.1 Å². The highest BCUT2D eigenvalue weighted by atomic mass is 16.5. The quantitative estimate of drug-likeness (QED) is 0.484. The average molecular weight is 371 g/mol. The Bertz CT molecular complexity index is 812. The molecule has 0 aromatic heterocycles. The molecule has 0 radical (unpaired) electrons. The smallest absolute Gasteiger partial charge is 0.323 e. The van der Waals surface area contributed by atoms with Crippen molar-refractivity contribution < 1.29 is 9.53 Å². The standard InChI is InChI=1S/C25H25NO2/c1-28-24(27)23-18-11-19-26(23)25(20-12-5-2-6-13-20,21-14-7-3-8-15-21)22-16-9-4-10-17-22/h2-10,12-17,23H,11,18-19H2,1H3. The second-order valence-electron chi connectivity index (χ2n) is 7.18. The van der Waals surface area contributed by atoms with Crippen LogP contribution in [0, 0.1) is 0 Å². The van der Waals surface area contributed by atoms with E-state index in [9.17, 15) is 4.79 Å². The number of hydrogen-bond donors (Lipinski definition) is 0. The topological polar surface area (TPSA) is 29.5 Å². The molecule has 0 saturated carbocycles. The number of nitrogens with zero attached hydrogens (tertiary/aromatic N) is 1. The highest BCUT2D eigenvalue weighted by Crippen LogP contribution is 2.45. The summed E-state index contributed by atoms with van der Waals surface area (Å²) in [6, 6.07) is 31.2. The maximum Gasteiger partial charge on any atom is 0.323 e. The summed E-state index contributed by atoms with van der Waals surface area (Å²) in [6.07, 6.45) is 1.77. The van der Waals surface area contributed by atoms with Crippen molar-refractivity contribution in [2.24, 2.45) is 0 Å². The first-order valence-electron chi connectivity index (χ1n) is 9.79. The van der Waals surface area contributed by atoms with E-state index in [1.807, 2.05) is 18.2 Å². The molecule has 1 unspecified atom stereocenters. The third kappa shape index (κ3) is 3.02. The normalized spacial score (nSPS) is 17.4. The van der Waals surface area contributed by atoms with E-state index in [-0.39, 0.29) is 12.0 Å². The predicted octanol–water partition coefficient (Wildman–Crippen LogP) is 4.62. The van der Waals surface area contributed by atoms with E-state index < -0.39 is 5.54 Å². The highest BCUT2D eigenvalue weighted by molar-refractivity contribution is 5.76. The molecule has 1 aliphatic rings. The van der Waals surface area contributed by atoms with Crippen molar-refractivity contribution in [2.75, 3.05) is 13.7 Å². The summed E-state index contributed by atoms with van der Waals surface area (Å²) in [4.78, 5) is 15.0. The van der Waals surface area contributed by atoms with Crippen molar-refractivity contribution in [3.63, 3.8) is 0 Å². The van der Waals surface area contributed by atoms with E-state index >= 15 is 0 Å². The van der Waals surface area contributed by atoms with E-state index in [1.165, 1.54) is 7.11 Å². The molecule has 1 saturated heterocycles. The summed E-state index contributed by atoms with van der Waals surface area (Å²) < 4.78 is 5.19. The van der Waals surface area contributed by atoms with Gasteiger partial charge in [-0.05, 0) is 29.5 Å². The zero-order chi connectivity index (χ0) is 19.4. The molecule has 1 fully saturated rings. The first-order chi connectivity index (χ1) is 13.8. The van der Waals surface area contributed by atoms with Gasteiger partial charge < -0.3 is 4.74 Å². The highest BCUT2D eigenvalue weighted by Gasteiger charge is 2.49. The summed E-state index contributed by atoms with van der Waals surface area (Å²) in [7, 11) is 1.48. The average Bonchev–Trinajstić information content (AvgIpc) is 3.26. The second kappa shape index (κ2) is 7.99. The van der Waals surface area contributed by atoms with Crippen molar-refractivity contribution in [3.8, 4) is 0 Å². The Morgan fingerprint density at radius 3 is 1.64 bits per heavy atom. The molecule has 142 valence electrons. The van der Waals surface area contributed by atoms with Crippen LogP contribution in [0.4, 0.5) is 0 Å². The maximum atomic E-state index is 12.7. The second-order valence-corrected chi connectivity index (χ2v) is 7.18. The Balaban J connectivity index is 2.03. The van der Waals surface area contributed by atoms with Crippen molar-refractivity contribution in [1.29, 1.82) is 0 Å². The molecule has 0 N–H and O–H groups in total. The molecule has 0 aliphatic carbocycles. The lowest BCUT2D eigenvalue weighted by atomic mass is 9.75. The predicted molar refractivity (Wildman–Crippen MR) is 111 cm³/mol. The van der Waals surface area contributed by atoms with Crippen LogP contribution in [0.2, 0.25) is 0 Å². The fourth-order valence-corrected chi connectivity index (χ4v) is 4.58. The Morgan fingerprint density at radius 1 is 0.821 bits per heavy atom. The lowest BCUT2D eigenvalue weighted by Crippen LogP contribution is -2.53. The van der Waals surface area contributed by atoms with Gasteiger partial charge in [0.25, 0.3) is 0 Å². The monoisotopic (exact) mass is 371 g/mol. The van der Waals surface area contributed by atoms with Crippen molar-refractivity contribution in [1.82, 2.24) is 4.90 Å². The molecular weight excluding hydrogens is 346 g/mol. The summed E-state index contributed by atoms with van der Waals surface area (Å²) in [5.41, 5.74) is 2.91. The maximum absolute atomic E-state index is 12.7. The number of esters is 1. The van der Waals surface area contributed by atoms with Crippen LogP contribution < -0.4 is 0 Å². The van der Waals surface area contributed by atoms with Crippen LogP contribution in [-0.2, 0) is 15.1 Å². The molecule has 3 aromatic carbocycles. The number of benzene rings is 3. The van der Waals surface area contributed by atoms with Gasteiger partial charge in [0.15, 0.2) is 0 Å². The van der Waals surface area contributed by atoms with Gasteiger partial charge in [0, 0.05) is 6.54 Å². The lowest BCUT2D eigenvalue weighted by Gasteiger charge is -2.45. The fourth-order valence-electron chi connectivity index (χ4n) is 4.58. The van der Waals surface area contributed by atoms with E-state index in [2.05, 4.69) is 77.7 Å². The number of hydrogen-bond acceptors (Lipinski definition) is 3. The van der Waals surface area contributed by atoms with E-state index in [1.54, 1.807) is 0 Å². The largest absolute Gasteiger partial charge is 0.468 e. The van der Waals surface area contributed by atoms with Crippen molar-refractivity contribution in [3.05, 3.63) is 108 Å². The Morgan fingerprint density at radius 2 is 1.25 bits per heavy atom. The van der Waals surface area contributed by atoms with Gasteiger partial charge >= 0.3 is 5.97 Å². The summed E-state index contributed by atoms with van der Waals surface area (Å²) in [6.45, 7) is 0.832. The van der Waals surface area contributed by atoms with Crippen LogP contribution in [0.3, 0.4) is 0 Å². The number of likely N-dealkylation sites (tertiary alicyclic amines) is 1. The van der Waals surface area contributed by atoms with Crippen LogP contribution >= 0.6 is 0 Å². The molecule has 4 rings (SSSR count). The van der Waals surface area contributed by atoms with E-state index in [4.69, 9.17) is 4.74 Å². The third-order valence-electron chi connectivity index (χ3n) is 5.73. The zero-order valence-corrected chi connectivity index (χ0v) is 16.1. The Labute approximate surface area is 166 Å². The van der Waals surface area contributed by atoms with Crippen molar-refractivity contribution in [2.45, 2.75) is 24.4 Å². The summed E-state index contributed by atoms with van der Waals surface area (Å²) in [5.74, 6) is -0.162.